The van der Waals surface area contributed by atoms with Gasteiger partial charge in [-0.2, -0.15) is 0 Å². The van der Waals surface area contributed by atoms with Gasteiger partial charge >= 0.3 is 6.03 Å². The van der Waals surface area contributed by atoms with Crippen molar-refractivity contribution >= 4 is 50.2 Å². The molecule has 2 aromatic rings. The molecule has 0 spiro atoms. The molecule has 0 saturated carbocycles. The predicted molar refractivity (Wildman–Crippen MR) is 94.0 cm³/mol. The summed E-state index contributed by atoms with van der Waals surface area (Å²) in [6, 6.07) is 15.6. The fraction of sp³-hybridized carbons (Fsp3) is 0.133. The predicted octanol–water partition coefficient (Wildman–Crippen LogP) is 4.42. The molecule has 2 amide bonds. The topological polar surface area (TPSA) is 41.1 Å². The van der Waals surface area contributed by atoms with Crippen LogP contribution in [0.3, 0.4) is 0 Å². The summed E-state index contributed by atoms with van der Waals surface area (Å²) < 4.78 is 2.20. The zero-order chi connectivity index (χ0) is 14.4. The highest BCUT2D eigenvalue weighted by molar-refractivity contribution is 14.1. The number of urea groups is 1. The van der Waals surface area contributed by atoms with Crippen LogP contribution >= 0.6 is 38.5 Å². The minimum Gasteiger partial charge on any atom is -0.338 e. The molecular formula is C15H14BrIN2O. The van der Waals surface area contributed by atoms with Gasteiger partial charge in [-0.3, -0.25) is 0 Å². The molecule has 0 aliphatic carbocycles. The van der Waals surface area contributed by atoms with Gasteiger partial charge < -0.3 is 10.6 Å². The number of anilines is 1. The molecule has 3 nitrogen and oxygen atoms in total. The van der Waals surface area contributed by atoms with Crippen LogP contribution in [-0.2, 0) is 6.42 Å². The Kier molecular flexibility index (Phi) is 5.85. The molecular weight excluding hydrogens is 431 g/mol. The number of hydrogen-bond acceptors (Lipinski definition) is 1. The van der Waals surface area contributed by atoms with Crippen molar-refractivity contribution in [3.63, 3.8) is 0 Å². The second-order valence-corrected chi connectivity index (χ2v) is 6.43. The van der Waals surface area contributed by atoms with E-state index in [4.69, 9.17) is 0 Å². The highest BCUT2D eigenvalue weighted by Gasteiger charge is 2.01. The molecule has 0 radical (unpaired) electrons. The van der Waals surface area contributed by atoms with Crippen LogP contribution in [0.15, 0.2) is 53.0 Å². The maximum absolute atomic E-state index is 11.7. The first kappa shape index (κ1) is 15.3. The van der Waals surface area contributed by atoms with E-state index >= 15 is 0 Å². The van der Waals surface area contributed by atoms with E-state index in [2.05, 4.69) is 55.2 Å². The summed E-state index contributed by atoms with van der Waals surface area (Å²) in [4.78, 5) is 11.7. The lowest BCUT2D eigenvalue weighted by molar-refractivity contribution is 0.252. The van der Waals surface area contributed by atoms with E-state index in [0.29, 0.717) is 6.54 Å². The van der Waals surface area contributed by atoms with Crippen molar-refractivity contribution in [3.8, 4) is 0 Å². The van der Waals surface area contributed by atoms with E-state index in [1.165, 1.54) is 5.56 Å². The van der Waals surface area contributed by atoms with Crippen LogP contribution in [0.25, 0.3) is 0 Å². The molecule has 2 N–H and O–H groups in total. The van der Waals surface area contributed by atoms with Crippen molar-refractivity contribution in [2.75, 3.05) is 11.9 Å². The lowest BCUT2D eigenvalue weighted by Gasteiger charge is -2.08. The molecule has 2 rings (SSSR count). The third-order valence-electron chi connectivity index (χ3n) is 2.69. The lowest BCUT2D eigenvalue weighted by Crippen LogP contribution is -2.30. The molecule has 2 aromatic carbocycles. The van der Waals surface area contributed by atoms with Gasteiger partial charge in [0.1, 0.15) is 0 Å². The molecule has 0 bridgehead atoms. The van der Waals surface area contributed by atoms with Crippen molar-refractivity contribution in [2.45, 2.75) is 6.42 Å². The number of nitrogens with one attached hydrogen (secondary N) is 2. The number of rotatable bonds is 4. The minimum absolute atomic E-state index is 0.179. The van der Waals surface area contributed by atoms with E-state index in [1.54, 1.807) is 0 Å². The molecule has 0 atom stereocenters. The Morgan fingerprint density at radius 2 is 1.90 bits per heavy atom. The maximum atomic E-state index is 11.7. The quantitative estimate of drug-likeness (QED) is 0.673. The highest BCUT2D eigenvalue weighted by atomic mass is 127. The van der Waals surface area contributed by atoms with E-state index in [0.717, 1.165) is 20.2 Å². The molecule has 0 aliphatic heterocycles. The van der Waals surface area contributed by atoms with Gasteiger partial charge in [0.2, 0.25) is 0 Å². The molecule has 0 aromatic heterocycles. The van der Waals surface area contributed by atoms with Gasteiger partial charge in [0.15, 0.2) is 0 Å². The molecule has 0 aliphatic rings. The number of carbonyl (C=O) groups is 1. The maximum Gasteiger partial charge on any atom is 0.319 e. The fourth-order valence-corrected chi connectivity index (χ4v) is 2.53. The zero-order valence-corrected chi connectivity index (χ0v) is 14.4. The summed E-state index contributed by atoms with van der Waals surface area (Å²) in [6.45, 7) is 0.604. The minimum atomic E-state index is -0.179. The van der Waals surface area contributed by atoms with Crippen LogP contribution in [0.1, 0.15) is 5.56 Å². The Morgan fingerprint density at radius 3 is 2.60 bits per heavy atom. The Balaban J connectivity index is 1.76. The van der Waals surface area contributed by atoms with Crippen LogP contribution in [0, 0.1) is 3.57 Å². The average Bonchev–Trinajstić information content (AvgIpc) is 2.41. The second-order valence-electron chi connectivity index (χ2n) is 4.27. The molecule has 104 valence electrons. The first-order valence-electron chi connectivity index (χ1n) is 6.18. The number of amides is 2. The Morgan fingerprint density at radius 1 is 1.15 bits per heavy atom. The zero-order valence-electron chi connectivity index (χ0n) is 10.7. The number of halogens is 2. The monoisotopic (exact) mass is 444 g/mol. The van der Waals surface area contributed by atoms with Crippen LogP contribution in [0.2, 0.25) is 0 Å². The SMILES string of the molecule is O=C(NCCc1cccc(Br)c1)Nc1ccc(I)cc1. The Hall–Kier alpha value is -1.08. The fourth-order valence-electron chi connectivity index (χ4n) is 1.72. The van der Waals surface area contributed by atoms with E-state index in [-0.39, 0.29) is 6.03 Å². The summed E-state index contributed by atoms with van der Waals surface area (Å²) in [5.74, 6) is 0. The smallest absolute Gasteiger partial charge is 0.319 e. The largest absolute Gasteiger partial charge is 0.338 e. The normalized spacial score (nSPS) is 10.1. The Bertz CT molecular complexity index is 587. The molecule has 5 heteroatoms. The van der Waals surface area contributed by atoms with Crippen molar-refractivity contribution in [1.82, 2.24) is 5.32 Å². The summed E-state index contributed by atoms with van der Waals surface area (Å²) >= 11 is 5.66. The number of carbonyl (C=O) groups excluding carboxylic acids is 1. The van der Waals surface area contributed by atoms with Gasteiger partial charge in [0.05, 0.1) is 0 Å². The van der Waals surface area contributed by atoms with Gasteiger partial charge in [-0.25, -0.2) is 4.79 Å². The summed E-state index contributed by atoms with van der Waals surface area (Å²) in [7, 11) is 0. The average molecular weight is 445 g/mol. The highest BCUT2D eigenvalue weighted by Crippen LogP contribution is 2.12. The van der Waals surface area contributed by atoms with Crippen LogP contribution in [-0.4, -0.2) is 12.6 Å². The van der Waals surface area contributed by atoms with Crippen LogP contribution < -0.4 is 10.6 Å². The third kappa shape index (κ3) is 5.13. The van der Waals surface area contributed by atoms with Crippen LogP contribution in [0.5, 0.6) is 0 Å². The van der Waals surface area contributed by atoms with Crippen molar-refractivity contribution < 1.29 is 4.79 Å². The van der Waals surface area contributed by atoms with Gasteiger partial charge in [0, 0.05) is 20.3 Å². The Labute approximate surface area is 140 Å². The van der Waals surface area contributed by atoms with Crippen molar-refractivity contribution in [3.05, 3.63) is 62.1 Å². The summed E-state index contributed by atoms with van der Waals surface area (Å²) in [5.41, 5.74) is 1.99. The molecule has 0 saturated heterocycles. The van der Waals surface area contributed by atoms with E-state index in [9.17, 15) is 4.79 Å². The van der Waals surface area contributed by atoms with Crippen molar-refractivity contribution in [1.29, 1.82) is 0 Å². The van der Waals surface area contributed by atoms with Gasteiger partial charge in [0.25, 0.3) is 0 Å². The van der Waals surface area contributed by atoms with Gasteiger partial charge in [-0.15, -0.1) is 0 Å². The van der Waals surface area contributed by atoms with Crippen molar-refractivity contribution in [2.24, 2.45) is 0 Å². The molecule has 0 heterocycles. The molecule has 0 fully saturated rings. The van der Waals surface area contributed by atoms with E-state index in [1.807, 2.05) is 42.5 Å². The number of benzene rings is 2. The first-order valence-corrected chi connectivity index (χ1v) is 8.05. The standard InChI is InChI=1S/C15H14BrIN2O/c16-12-3-1-2-11(10-12)8-9-18-15(20)19-14-6-4-13(17)5-7-14/h1-7,10H,8-9H2,(H2,18,19,20). The summed E-state index contributed by atoms with van der Waals surface area (Å²) in [6.07, 6.45) is 0.805. The summed E-state index contributed by atoms with van der Waals surface area (Å²) in [5, 5.41) is 5.65. The molecule has 0 unspecified atom stereocenters. The number of hydrogen-bond donors (Lipinski definition) is 2. The second kappa shape index (κ2) is 7.64. The lowest BCUT2D eigenvalue weighted by atomic mass is 10.1. The van der Waals surface area contributed by atoms with Crippen LogP contribution in [0.4, 0.5) is 10.5 Å². The van der Waals surface area contributed by atoms with E-state index < -0.39 is 0 Å². The third-order valence-corrected chi connectivity index (χ3v) is 3.90. The molecule has 20 heavy (non-hydrogen) atoms. The first-order chi connectivity index (χ1) is 9.63. The van der Waals surface area contributed by atoms with Gasteiger partial charge in [-0.05, 0) is 71.0 Å². The van der Waals surface area contributed by atoms with Gasteiger partial charge in [-0.1, -0.05) is 28.1 Å².